The fourth-order valence-corrected chi connectivity index (χ4v) is 5.68. The van der Waals surface area contributed by atoms with E-state index < -0.39 is 16.1 Å². The van der Waals surface area contributed by atoms with Crippen molar-refractivity contribution in [3.63, 3.8) is 0 Å². The van der Waals surface area contributed by atoms with Crippen LogP contribution >= 0.6 is 11.3 Å². The maximum absolute atomic E-state index is 13.7. The molecule has 1 atom stereocenters. The number of carbonyl (C=O) groups is 1. The Morgan fingerprint density at radius 1 is 1.13 bits per heavy atom. The fraction of sp³-hybridized carbons (Fsp3) is 0.273. The van der Waals surface area contributed by atoms with Crippen LogP contribution in [0.4, 0.5) is 5.69 Å². The van der Waals surface area contributed by atoms with Gasteiger partial charge in [-0.2, -0.15) is 0 Å². The number of nitrogens with one attached hydrogen (secondary N) is 1. The summed E-state index contributed by atoms with van der Waals surface area (Å²) in [7, 11) is -3.97. The maximum Gasteiger partial charge on any atom is 0.265 e. The van der Waals surface area contributed by atoms with Crippen LogP contribution in [0.25, 0.3) is 0 Å². The third-order valence-corrected chi connectivity index (χ3v) is 7.57. The highest BCUT2D eigenvalue weighted by atomic mass is 32.2. The van der Waals surface area contributed by atoms with E-state index in [1.165, 1.54) is 15.6 Å². The molecule has 8 heteroatoms. The molecule has 1 amide bonds. The van der Waals surface area contributed by atoms with Gasteiger partial charge in [0.25, 0.3) is 10.0 Å². The molecule has 0 aliphatic carbocycles. The van der Waals surface area contributed by atoms with Crippen LogP contribution in [0.2, 0.25) is 0 Å². The minimum absolute atomic E-state index is 0.191. The van der Waals surface area contributed by atoms with Crippen LogP contribution in [0.1, 0.15) is 29.5 Å². The fourth-order valence-electron chi connectivity index (χ4n) is 3.21. The van der Waals surface area contributed by atoms with Gasteiger partial charge in [-0.25, -0.2) is 13.4 Å². The minimum Gasteiger partial charge on any atom is -0.348 e. The number of aromatic nitrogens is 1. The SMILES string of the molecule is CCC(C(=O)NCc1nccs1)N(c1ccc(C)cc1)S(=O)(=O)c1ccccc1C. The number of hydrogen-bond acceptors (Lipinski definition) is 5. The highest BCUT2D eigenvalue weighted by Gasteiger charge is 2.35. The Morgan fingerprint density at radius 3 is 2.43 bits per heavy atom. The maximum atomic E-state index is 13.7. The number of anilines is 1. The second kappa shape index (κ2) is 9.40. The molecular formula is C22H25N3O3S2. The molecular weight excluding hydrogens is 418 g/mol. The van der Waals surface area contributed by atoms with Gasteiger partial charge in [0.2, 0.25) is 5.91 Å². The molecule has 0 bridgehead atoms. The van der Waals surface area contributed by atoms with Gasteiger partial charge in [-0.3, -0.25) is 9.10 Å². The average molecular weight is 444 g/mol. The molecule has 1 unspecified atom stereocenters. The number of nitrogens with zero attached hydrogens (tertiary/aromatic N) is 2. The van der Waals surface area contributed by atoms with Crippen molar-refractivity contribution in [3.8, 4) is 0 Å². The van der Waals surface area contributed by atoms with Gasteiger partial charge in [-0.1, -0.05) is 42.8 Å². The predicted octanol–water partition coefficient (Wildman–Crippen LogP) is 4.05. The first-order chi connectivity index (χ1) is 14.3. The van der Waals surface area contributed by atoms with Crippen LogP contribution in [0.15, 0.2) is 65.0 Å². The lowest BCUT2D eigenvalue weighted by Crippen LogP contribution is -2.49. The molecule has 0 spiro atoms. The third-order valence-electron chi connectivity index (χ3n) is 4.79. The Balaban J connectivity index is 2.02. The Bertz CT molecular complexity index is 1090. The zero-order valence-corrected chi connectivity index (χ0v) is 18.8. The highest BCUT2D eigenvalue weighted by Crippen LogP contribution is 2.29. The first-order valence-electron chi connectivity index (χ1n) is 9.67. The van der Waals surface area contributed by atoms with E-state index in [0.29, 0.717) is 17.7 Å². The average Bonchev–Trinajstić information content (AvgIpc) is 3.25. The summed E-state index contributed by atoms with van der Waals surface area (Å²) >= 11 is 1.44. The van der Waals surface area contributed by atoms with Crippen LogP contribution in [0.3, 0.4) is 0 Å². The molecule has 1 N–H and O–H groups in total. The molecule has 158 valence electrons. The van der Waals surface area contributed by atoms with Crippen molar-refractivity contribution < 1.29 is 13.2 Å². The standard InChI is InChI=1S/C22H25N3O3S2/c1-4-19(22(26)24-15-21-23-13-14-29-21)25(18-11-9-16(2)10-12-18)30(27,28)20-8-6-5-7-17(20)3/h5-14,19H,4,15H2,1-3H3,(H,24,26). The quantitative estimate of drug-likeness (QED) is 0.570. The summed E-state index contributed by atoms with van der Waals surface area (Å²) in [6.45, 7) is 5.76. The molecule has 3 rings (SSSR count). The predicted molar refractivity (Wildman–Crippen MR) is 120 cm³/mol. The van der Waals surface area contributed by atoms with Gasteiger partial charge < -0.3 is 5.32 Å². The molecule has 0 aliphatic heterocycles. The van der Waals surface area contributed by atoms with Crippen molar-refractivity contribution in [3.05, 3.63) is 76.2 Å². The molecule has 2 aromatic carbocycles. The Morgan fingerprint density at radius 2 is 1.83 bits per heavy atom. The van der Waals surface area contributed by atoms with Gasteiger partial charge in [0.1, 0.15) is 11.0 Å². The van der Waals surface area contributed by atoms with Gasteiger partial charge in [0.05, 0.1) is 17.1 Å². The van der Waals surface area contributed by atoms with Crippen molar-refractivity contribution in [1.29, 1.82) is 0 Å². The zero-order chi connectivity index (χ0) is 21.7. The summed E-state index contributed by atoms with van der Waals surface area (Å²) in [6.07, 6.45) is 1.99. The number of rotatable bonds is 8. The lowest BCUT2D eigenvalue weighted by atomic mass is 10.1. The number of amides is 1. The second-order valence-corrected chi connectivity index (χ2v) is 9.73. The van der Waals surface area contributed by atoms with Crippen LogP contribution in [0, 0.1) is 13.8 Å². The molecule has 0 saturated carbocycles. The highest BCUT2D eigenvalue weighted by molar-refractivity contribution is 7.93. The smallest absolute Gasteiger partial charge is 0.265 e. The number of carbonyl (C=O) groups excluding carboxylic acids is 1. The van der Waals surface area contributed by atoms with E-state index >= 15 is 0 Å². The van der Waals surface area contributed by atoms with Gasteiger partial charge in [0, 0.05) is 11.6 Å². The molecule has 0 saturated heterocycles. The van der Waals surface area contributed by atoms with Crippen molar-refractivity contribution in [2.75, 3.05) is 4.31 Å². The second-order valence-electron chi connectivity index (χ2n) is 6.97. The number of sulfonamides is 1. The number of aryl methyl sites for hydroxylation is 2. The number of hydrogen-bond donors (Lipinski definition) is 1. The number of benzene rings is 2. The summed E-state index contributed by atoms with van der Waals surface area (Å²) in [5.74, 6) is -0.356. The Labute approximate surface area is 181 Å². The zero-order valence-electron chi connectivity index (χ0n) is 17.2. The van der Waals surface area contributed by atoms with Crippen LogP contribution in [-0.2, 0) is 21.4 Å². The van der Waals surface area contributed by atoms with Crippen molar-refractivity contribution in [1.82, 2.24) is 10.3 Å². The van der Waals surface area contributed by atoms with Crippen molar-refractivity contribution >= 4 is 33.0 Å². The van der Waals surface area contributed by atoms with Gasteiger partial charge in [-0.15, -0.1) is 11.3 Å². The van der Waals surface area contributed by atoms with E-state index in [1.54, 1.807) is 49.5 Å². The lowest BCUT2D eigenvalue weighted by molar-refractivity contribution is -0.122. The summed E-state index contributed by atoms with van der Waals surface area (Å²) in [6, 6.07) is 13.1. The van der Waals surface area contributed by atoms with Crippen LogP contribution in [0.5, 0.6) is 0 Å². The topological polar surface area (TPSA) is 79.4 Å². The van der Waals surface area contributed by atoms with Crippen LogP contribution in [-0.4, -0.2) is 25.4 Å². The lowest BCUT2D eigenvalue weighted by Gasteiger charge is -2.32. The summed E-state index contributed by atoms with van der Waals surface area (Å²) < 4.78 is 28.7. The number of thiazole rings is 1. The molecule has 0 aliphatic rings. The molecule has 0 radical (unpaired) electrons. The summed E-state index contributed by atoms with van der Waals surface area (Å²) in [5, 5.41) is 5.44. The van der Waals surface area contributed by atoms with E-state index in [-0.39, 0.29) is 17.3 Å². The summed E-state index contributed by atoms with van der Waals surface area (Å²) in [5.41, 5.74) is 2.10. The van der Waals surface area contributed by atoms with E-state index in [1.807, 2.05) is 31.4 Å². The molecule has 30 heavy (non-hydrogen) atoms. The largest absolute Gasteiger partial charge is 0.348 e. The monoisotopic (exact) mass is 443 g/mol. The Kier molecular flexibility index (Phi) is 6.89. The molecule has 3 aromatic rings. The molecule has 1 aromatic heterocycles. The third kappa shape index (κ3) is 4.71. The first kappa shape index (κ1) is 22.0. The van der Waals surface area contributed by atoms with E-state index in [4.69, 9.17) is 0 Å². The van der Waals surface area contributed by atoms with Crippen LogP contribution < -0.4 is 9.62 Å². The van der Waals surface area contributed by atoms with E-state index in [2.05, 4.69) is 10.3 Å². The minimum atomic E-state index is -3.97. The molecule has 1 heterocycles. The van der Waals surface area contributed by atoms with Gasteiger partial charge >= 0.3 is 0 Å². The van der Waals surface area contributed by atoms with Crippen molar-refractivity contribution in [2.45, 2.75) is 44.7 Å². The Hall–Kier alpha value is -2.71. The van der Waals surface area contributed by atoms with E-state index in [9.17, 15) is 13.2 Å². The van der Waals surface area contributed by atoms with E-state index in [0.717, 1.165) is 10.6 Å². The summed E-state index contributed by atoms with van der Waals surface area (Å²) in [4.78, 5) is 17.4. The van der Waals surface area contributed by atoms with Gasteiger partial charge in [-0.05, 0) is 44.0 Å². The normalized spacial score (nSPS) is 12.4. The van der Waals surface area contributed by atoms with Gasteiger partial charge in [0.15, 0.2) is 0 Å². The first-order valence-corrected chi connectivity index (χ1v) is 12.0. The van der Waals surface area contributed by atoms with Crippen molar-refractivity contribution in [2.24, 2.45) is 0 Å². The molecule has 6 nitrogen and oxygen atoms in total. The molecule has 0 fully saturated rings.